The lowest BCUT2D eigenvalue weighted by atomic mass is 10.3. The van der Waals surface area contributed by atoms with Crippen LogP contribution in [-0.2, 0) is 6.18 Å². The maximum atomic E-state index is 12.5. The lowest BCUT2D eigenvalue weighted by Crippen LogP contribution is -2.03. The predicted octanol–water partition coefficient (Wildman–Crippen LogP) is 3.53. The second-order valence-electron chi connectivity index (χ2n) is 3.17. The predicted molar refractivity (Wildman–Crippen MR) is 55.1 cm³/mol. The second-order valence-corrected chi connectivity index (χ2v) is 4.17. The van der Waals surface area contributed by atoms with E-state index in [0.717, 1.165) is 0 Å². The molecule has 0 aliphatic rings. The zero-order valence-corrected chi connectivity index (χ0v) is 9.06. The SMILES string of the molecule is Cc1nc(-c2cccnc2)sc1C(F)(F)F. The van der Waals surface area contributed by atoms with Gasteiger partial charge in [0.2, 0.25) is 0 Å². The number of thiazole rings is 1. The van der Waals surface area contributed by atoms with Crippen molar-refractivity contribution in [2.24, 2.45) is 0 Å². The zero-order chi connectivity index (χ0) is 11.8. The Morgan fingerprint density at radius 2 is 2.06 bits per heavy atom. The van der Waals surface area contributed by atoms with Gasteiger partial charge >= 0.3 is 6.18 Å². The molecule has 2 nitrogen and oxygen atoms in total. The molecular weight excluding hydrogens is 237 g/mol. The number of alkyl halides is 3. The number of halogens is 3. The number of aromatic nitrogens is 2. The summed E-state index contributed by atoms with van der Waals surface area (Å²) in [6.45, 7) is 1.36. The number of pyridine rings is 1. The van der Waals surface area contributed by atoms with Crippen molar-refractivity contribution in [1.82, 2.24) is 9.97 Å². The Bertz CT molecular complexity index is 491. The summed E-state index contributed by atoms with van der Waals surface area (Å²) < 4.78 is 37.6. The molecule has 0 unspecified atom stereocenters. The number of nitrogens with zero attached hydrogens (tertiary/aromatic N) is 2. The number of rotatable bonds is 1. The van der Waals surface area contributed by atoms with Gasteiger partial charge in [0.05, 0.1) is 5.69 Å². The summed E-state index contributed by atoms with van der Waals surface area (Å²) in [7, 11) is 0. The molecule has 0 aliphatic heterocycles. The van der Waals surface area contributed by atoms with Crippen molar-refractivity contribution in [3.63, 3.8) is 0 Å². The molecule has 0 N–H and O–H groups in total. The summed E-state index contributed by atoms with van der Waals surface area (Å²) >= 11 is 0.643. The highest BCUT2D eigenvalue weighted by Crippen LogP contribution is 2.38. The standard InChI is InChI=1S/C10H7F3N2S/c1-6-8(10(11,12)13)16-9(15-6)7-3-2-4-14-5-7/h2-5H,1H3. The molecule has 0 aliphatic carbocycles. The molecule has 84 valence electrons. The maximum absolute atomic E-state index is 12.5. The van der Waals surface area contributed by atoms with E-state index in [1.54, 1.807) is 18.3 Å². The van der Waals surface area contributed by atoms with Gasteiger partial charge in [0.25, 0.3) is 0 Å². The van der Waals surface area contributed by atoms with Crippen LogP contribution >= 0.6 is 11.3 Å². The number of hydrogen-bond donors (Lipinski definition) is 0. The maximum Gasteiger partial charge on any atom is 0.427 e. The Labute approximate surface area is 93.8 Å². The molecule has 2 aromatic heterocycles. The molecule has 0 radical (unpaired) electrons. The molecule has 2 rings (SSSR count). The third-order valence-corrected chi connectivity index (χ3v) is 3.21. The average molecular weight is 244 g/mol. The van der Waals surface area contributed by atoms with Gasteiger partial charge in [0.15, 0.2) is 0 Å². The molecule has 0 bridgehead atoms. The van der Waals surface area contributed by atoms with Gasteiger partial charge in [-0.15, -0.1) is 11.3 Å². The van der Waals surface area contributed by atoms with Crippen molar-refractivity contribution >= 4 is 11.3 Å². The molecule has 16 heavy (non-hydrogen) atoms. The summed E-state index contributed by atoms with van der Waals surface area (Å²) in [6, 6.07) is 3.35. The van der Waals surface area contributed by atoms with Crippen molar-refractivity contribution in [2.75, 3.05) is 0 Å². The van der Waals surface area contributed by atoms with Gasteiger partial charge in [0, 0.05) is 18.0 Å². The Morgan fingerprint density at radius 3 is 2.56 bits per heavy atom. The first-order valence-electron chi connectivity index (χ1n) is 4.43. The number of aryl methyl sites for hydroxylation is 1. The minimum absolute atomic E-state index is 0.0105. The van der Waals surface area contributed by atoms with E-state index < -0.39 is 11.1 Å². The Morgan fingerprint density at radius 1 is 1.31 bits per heavy atom. The monoisotopic (exact) mass is 244 g/mol. The third kappa shape index (κ3) is 2.06. The van der Waals surface area contributed by atoms with Gasteiger partial charge in [-0.1, -0.05) is 0 Å². The fourth-order valence-electron chi connectivity index (χ4n) is 1.27. The molecule has 6 heteroatoms. The molecule has 0 aromatic carbocycles. The molecule has 0 amide bonds. The topological polar surface area (TPSA) is 25.8 Å². The molecule has 2 heterocycles. The van der Waals surface area contributed by atoms with E-state index in [1.165, 1.54) is 13.1 Å². The summed E-state index contributed by atoms with van der Waals surface area (Å²) in [5, 5.41) is 0.345. The fraction of sp³-hybridized carbons (Fsp3) is 0.200. The van der Waals surface area contributed by atoms with Crippen LogP contribution in [0.1, 0.15) is 10.6 Å². The molecular formula is C10H7F3N2S. The van der Waals surface area contributed by atoms with Crippen molar-refractivity contribution in [1.29, 1.82) is 0 Å². The Kier molecular flexibility index (Phi) is 2.67. The quantitative estimate of drug-likeness (QED) is 0.766. The Balaban J connectivity index is 2.47. The molecule has 0 atom stereocenters. The van der Waals surface area contributed by atoms with Crippen LogP contribution in [0.25, 0.3) is 10.6 Å². The first kappa shape index (κ1) is 11.1. The third-order valence-electron chi connectivity index (χ3n) is 1.96. The van der Waals surface area contributed by atoms with Crippen molar-refractivity contribution in [3.8, 4) is 10.6 Å². The van der Waals surface area contributed by atoms with Crippen molar-refractivity contribution < 1.29 is 13.2 Å². The summed E-state index contributed by atoms with van der Waals surface area (Å²) in [5.74, 6) is 0. The van der Waals surface area contributed by atoms with Crippen LogP contribution in [-0.4, -0.2) is 9.97 Å². The molecule has 0 fully saturated rings. The second kappa shape index (κ2) is 3.86. The van der Waals surface area contributed by atoms with Crippen LogP contribution in [0, 0.1) is 6.92 Å². The minimum Gasteiger partial charge on any atom is -0.264 e. The van der Waals surface area contributed by atoms with Crippen LogP contribution in [0.4, 0.5) is 13.2 Å². The van der Waals surface area contributed by atoms with E-state index in [2.05, 4.69) is 9.97 Å². The lowest BCUT2D eigenvalue weighted by molar-refractivity contribution is -0.134. The smallest absolute Gasteiger partial charge is 0.264 e. The van der Waals surface area contributed by atoms with E-state index in [4.69, 9.17) is 0 Å². The summed E-state index contributed by atoms with van der Waals surface area (Å²) in [6.07, 6.45) is -1.27. The van der Waals surface area contributed by atoms with Crippen LogP contribution < -0.4 is 0 Å². The Hall–Kier alpha value is -1.43. The normalized spacial score (nSPS) is 11.8. The van der Waals surface area contributed by atoms with Gasteiger partial charge in [-0.2, -0.15) is 13.2 Å². The number of hydrogen-bond acceptors (Lipinski definition) is 3. The van der Waals surface area contributed by atoms with Gasteiger partial charge in [-0.3, -0.25) is 4.98 Å². The zero-order valence-electron chi connectivity index (χ0n) is 8.25. The molecule has 0 saturated heterocycles. The highest BCUT2D eigenvalue weighted by molar-refractivity contribution is 7.15. The summed E-state index contributed by atoms with van der Waals surface area (Å²) in [5.41, 5.74) is 0.613. The summed E-state index contributed by atoms with van der Waals surface area (Å²) in [4.78, 5) is 7.11. The van der Waals surface area contributed by atoms with E-state index in [1.807, 2.05) is 0 Å². The highest BCUT2D eigenvalue weighted by Gasteiger charge is 2.35. The highest BCUT2D eigenvalue weighted by atomic mass is 32.1. The molecule has 0 spiro atoms. The molecule has 0 saturated carbocycles. The van der Waals surface area contributed by atoms with Crippen molar-refractivity contribution in [3.05, 3.63) is 35.1 Å². The average Bonchev–Trinajstić information content (AvgIpc) is 2.61. The van der Waals surface area contributed by atoms with Gasteiger partial charge in [-0.05, 0) is 19.1 Å². The van der Waals surface area contributed by atoms with Gasteiger partial charge in [-0.25, -0.2) is 4.98 Å². The van der Waals surface area contributed by atoms with E-state index in [0.29, 0.717) is 21.9 Å². The van der Waals surface area contributed by atoms with E-state index in [-0.39, 0.29) is 5.69 Å². The van der Waals surface area contributed by atoms with Crippen LogP contribution in [0.15, 0.2) is 24.5 Å². The van der Waals surface area contributed by atoms with Gasteiger partial charge < -0.3 is 0 Å². The van der Waals surface area contributed by atoms with Crippen molar-refractivity contribution in [2.45, 2.75) is 13.1 Å². The van der Waals surface area contributed by atoms with Gasteiger partial charge in [0.1, 0.15) is 9.88 Å². The lowest BCUT2D eigenvalue weighted by Gasteiger charge is -2.01. The van der Waals surface area contributed by atoms with Crippen LogP contribution in [0.2, 0.25) is 0 Å². The van der Waals surface area contributed by atoms with E-state index in [9.17, 15) is 13.2 Å². The van der Waals surface area contributed by atoms with Crippen LogP contribution in [0.5, 0.6) is 0 Å². The van der Waals surface area contributed by atoms with E-state index >= 15 is 0 Å². The first-order valence-corrected chi connectivity index (χ1v) is 5.25. The first-order chi connectivity index (χ1) is 7.48. The minimum atomic E-state index is -4.33. The van der Waals surface area contributed by atoms with Crippen LogP contribution in [0.3, 0.4) is 0 Å². The molecule has 2 aromatic rings. The fourth-order valence-corrected chi connectivity index (χ4v) is 2.20. The largest absolute Gasteiger partial charge is 0.427 e.